The zero-order chi connectivity index (χ0) is 19.0. The second kappa shape index (κ2) is 7.34. The lowest BCUT2D eigenvalue weighted by Crippen LogP contribution is -2.39. The van der Waals surface area contributed by atoms with Crippen LogP contribution in [0.5, 0.6) is 0 Å². The molecule has 1 aliphatic heterocycles. The first-order chi connectivity index (χ1) is 13.1. The van der Waals surface area contributed by atoms with Crippen molar-refractivity contribution in [2.45, 2.75) is 50.4 Å². The Labute approximate surface area is 160 Å². The Bertz CT molecular complexity index is 1090. The van der Waals surface area contributed by atoms with E-state index in [9.17, 15) is 9.59 Å². The van der Waals surface area contributed by atoms with Crippen molar-refractivity contribution in [1.29, 1.82) is 0 Å². The molecule has 1 aliphatic rings. The van der Waals surface area contributed by atoms with Crippen molar-refractivity contribution in [2.75, 3.05) is 5.75 Å². The van der Waals surface area contributed by atoms with Gasteiger partial charge < -0.3 is 9.13 Å². The van der Waals surface area contributed by atoms with Gasteiger partial charge in [-0.25, -0.2) is 9.78 Å². The van der Waals surface area contributed by atoms with Gasteiger partial charge in [-0.1, -0.05) is 18.2 Å². The van der Waals surface area contributed by atoms with Crippen LogP contribution >= 0.6 is 11.8 Å². The molecule has 10 heteroatoms. The molecule has 0 fully saturated rings. The number of hydrogen-bond donors (Lipinski definition) is 0. The van der Waals surface area contributed by atoms with Gasteiger partial charge in [0.25, 0.3) is 5.56 Å². The molecule has 0 spiro atoms. The first-order valence-corrected chi connectivity index (χ1v) is 10.2. The van der Waals surface area contributed by atoms with Crippen LogP contribution in [-0.2, 0) is 33.6 Å². The number of hydrogen-bond acceptors (Lipinski definition) is 6. The summed E-state index contributed by atoms with van der Waals surface area (Å²) in [6.45, 7) is 1.35. The van der Waals surface area contributed by atoms with Crippen molar-refractivity contribution in [3.63, 3.8) is 0 Å². The van der Waals surface area contributed by atoms with E-state index in [2.05, 4.69) is 19.7 Å². The SMILES string of the molecule is Cn1cnc2c1c(=O)n(CCCSc1nnc3n1CCCCC3)c(=O)n2C. The third-order valence-corrected chi connectivity index (χ3v) is 6.09. The van der Waals surface area contributed by atoms with Gasteiger partial charge in [-0.05, 0) is 19.3 Å². The first kappa shape index (κ1) is 18.0. The molecule has 0 radical (unpaired) electrons. The molecule has 4 heterocycles. The quantitative estimate of drug-likeness (QED) is 0.476. The van der Waals surface area contributed by atoms with Gasteiger partial charge in [-0.2, -0.15) is 0 Å². The van der Waals surface area contributed by atoms with Gasteiger partial charge in [0, 0.05) is 39.4 Å². The van der Waals surface area contributed by atoms with E-state index in [-0.39, 0.29) is 11.2 Å². The molecule has 0 atom stereocenters. The van der Waals surface area contributed by atoms with Gasteiger partial charge in [-0.15, -0.1) is 10.2 Å². The maximum atomic E-state index is 12.7. The highest BCUT2D eigenvalue weighted by Gasteiger charge is 2.16. The summed E-state index contributed by atoms with van der Waals surface area (Å²) in [4.78, 5) is 29.4. The van der Waals surface area contributed by atoms with Gasteiger partial charge in [-0.3, -0.25) is 13.9 Å². The van der Waals surface area contributed by atoms with Gasteiger partial charge in [0.2, 0.25) is 0 Å². The van der Waals surface area contributed by atoms with Crippen LogP contribution in [0.4, 0.5) is 0 Å². The normalized spacial score (nSPS) is 14.4. The zero-order valence-electron chi connectivity index (χ0n) is 15.6. The second-order valence-corrected chi connectivity index (χ2v) is 7.95. The van der Waals surface area contributed by atoms with Crippen LogP contribution in [0.25, 0.3) is 11.2 Å². The topological polar surface area (TPSA) is 92.5 Å². The summed E-state index contributed by atoms with van der Waals surface area (Å²) in [7, 11) is 3.41. The number of nitrogens with zero attached hydrogens (tertiary/aromatic N) is 7. The van der Waals surface area contributed by atoms with E-state index in [1.54, 1.807) is 36.8 Å². The van der Waals surface area contributed by atoms with Gasteiger partial charge in [0.1, 0.15) is 5.82 Å². The Kier molecular flexibility index (Phi) is 4.90. The third-order valence-electron chi connectivity index (χ3n) is 5.03. The molecular weight excluding hydrogens is 366 g/mol. The molecule has 0 amide bonds. The summed E-state index contributed by atoms with van der Waals surface area (Å²) in [5.41, 5.74) is 0.263. The fourth-order valence-corrected chi connectivity index (χ4v) is 4.45. The van der Waals surface area contributed by atoms with E-state index >= 15 is 0 Å². The average Bonchev–Trinajstić information content (AvgIpc) is 3.14. The van der Waals surface area contributed by atoms with Crippen molar-refractivity contribution in [3.8, 4) is 0 Å². The molecule has 0 aliphatic carbocycles. The Hall–Kier alpha value is -2.36. The number of thioether (sulfide) groups is 1. The van der Waals surface area contributed by atoms with E-state index in [0.29, 0.717) is 24.1 Å². The van der Waals surface area contributed by atoms with Crippen LogP contribution in [0, 0.1) is 0 Å². The summed E-state index contributed by atoms with van der Waals surface area (Å²) in [6, 6.07) is 0. The predicted octanol–water partition coefficient (Wildman–Crippen LogP) is 0.934. The van der Waals surface area contributed by atoms with Gasteiger partial charge >= 0.3 is 5.69 Å². The van der Waals surface area contributed by atoms with E-state index in [4.69, 9.17) is 0 Å². The van der Waals surface area contributed by atoms with Crippen molar-refractivity contribution < 1.29 is 0 Å². The van der Waals surface area contributed by atoms with Crippen molar-refractivity contribution >= 4 is 22.9 Å². The summed E-state index contributed by atoms with van der Waals surface area (Å²) < 4.78 is 6.61. The van der Waals surface area contributed by atoms with Crippen molar-refractivity contribution in [3.05, 3.63) is 33.0 Å². The Morgan fingerprint density at radius 3 is 2.85 bits per heavy atom. The Morgan fingerprint density at radius 1 is 1.15 bits per heavy atom. The van der Waals surface area contributed by atoms with Crippen LogP contribution in [0.15, 0.2) is 21.1 Å². The highest BCUT2D eigenvalue weighted by molar-refractivity contribution is 7.99. The van der Waals surface area contributed by atoms with Crippen LogP contribution in [0.1, 0.15) is 31.5 Å². The number of rotatable bonds is 5. The Balaban J connectivity index is 1.47. The maximum Gasteiger partial charge on any atom is 0.332 e. The molecule has 0 N–H and O–H groups in total. The number of aryl methyl sites for hydroxylation is 3. The van der Waals surface area contributed by atoms with Gasteiger partial charge in [0.15, 0.2) is 16.3 Å². The lowest BCUT2D eigenvalue weighted by Gasteiger charge is -2.09. The number of imidazole rings is 1. The molecular formula is C17H23N7O2S. The lowest BCUT2D eigenvalue weighted by molar-refractivity contribution is 0.585. The van der Waals surface area contributed by atoms with E-state index in [1.165, 1.54) is 22.0 Å². The molecule has 0 unspecified atom stereocenters. The summed E-state index contributed by atoms with van der Waals surface area (Å²) in [5.74, 6) is 1.85. The standard InChI is InChI=1S/C17H23N7O2S/c1-21-11-18-14-13(21)15(25)24(17(26)22(14)2)9-6-10-27-16-20-19-12-7-4-3-5-8-23(12)16/h11H,3-10H2,1-2H3. The third kappa shape index (κ3) is 3.22. The predicted molar refractivity (Wildman–Crippen MR) is 103 cm³/mol. The molecule has 0 saturated heterocycles. The Morgan fingerprint density at radius 2 is 2.00 bits per heavy atom. The number of fused-ring (bicyclic) bond motifs is 2. The molecule has 0 bridgehead atoms. The largest absolute Gasteiger partial charge is 0.332 e. The fraction of sp³-hybridized carbons (Fsp3) is 0.588. The van der Waals surface area contributed by atoms with Gasteiger partial charge in [0.05, 0.1) is 6.33 Å². The fourth-order valence-electron chi connectivity index (χ4n) is 3.54. The molecule has 3 aromatic heterocycles. The van der Waals surface area contributed by atoms with Crippen LogP contribution < -0.4 is 11.2 Å². The van der Waals surface area contributed by atoms with Crippen LogP contribution in [0.3, 0.4) is 0 Å². The first-order valence-electron chi connectivity index (χ1n) is 9.23. The second-order valence-electron chi connectivity index (χ2n) is 6.89. The van der Waals surface area contributed by atoms with Crippen LogP contribution in [-0.4, -0.2) is 39.2 Å². The molecule has 27 heavy (non-hydrogen) atoms. The van der Waals surface area contributed by atoms with E-state index < -0.39 is 0 Å². The smallest absolute Gasteiger partial charge is 0.328 e. The van der Waals surface area contributed by atoms with E-state index in [0.717, 1.165) is 36.1 Å². The minimum Gasteiger partial charge on any atom is -0.328 e. The van der Waals surface area contributed by atoms with Crippen molar-refractivity contribution in [2.24, 2.45) is 14.1 Å². The minimum absolute atomic E-state index is 0.283. The number of aromatic nitrogens is 7. The minimum atomic E-state index is -0.326. The molecule has 0 aromatic carbocycles. The maximum absolute atomic E-state index is 12.7. The summed E-state index contributed by atoms with van der Waals surface area (Å²) in [6.07, 6.45) is 6.81. The van der Waals surface area contributed by atoms with Crippen LogP contribution in [0.2, 0.25) is 0 Å². The molecule has 144 valence electrons. The highest BCUT2D eigenvalue weighted by atomic mass is 32.2. The molecule has 9 nitrogen and oxygen atoms in total. The molecule has 3 aromatic rings. The van der Waals surface area contributed by atoms with E-state index in [1.807, 2.05) is 0 Å². The summed E-state index contributed by atoms with van der Waals surface area (Å²) >= 11 is 1.64. The van der Waals surface area contributed by atoms with Crippen molar-refractivity contribution in [1.82, 2.24) is 33.4 Å². The lowest BCUT2D eigenvalue weighted by atomic mass is 10.2. The molecule has 4 rings (SSSR count). The monoisotopic (exact) mass is 389 g/mol. The molecule has 0 saturated carbocycles. The summed E-state index contributed by atoms with van der Waals surface area (Å²) in [5, 5.41) is 9.55. The highest BCUT2D eigenvalue weighted by Crippen LogP contribution is 2.22. The average molecular weight is 389 g/mol. The zero-order valence-corrected chi connectivity index (χ0v) is 16.4.